The highest BCUT2D eigenvalue weighted by Crippen LogP contribution is 2.20. The molecule has 0 amide bonds. The molecule has 0 saturated carbocycles. The number of Topliss-reactive ketones (excluding diaryl/α,β-unsaturated/α-hetero) is 1. The maximum Gasteiger partial charge on any atom is 0.137 e. The van der Waals surface area contributed by atoms with Crippen molar-refractivity contribution in [2.45, 2.75) is 25.7 Å². The van der Waals surface area contributed by atoms with E-state index in [1.54, 1.807) is 0 Å². The molecular weight excluding hydrogens is 220 g/mol. The van der Waals surface area contributed by atoms with Gasteiger partial charge in [0.25, 0.3) is 0 Å². The summed E-state index contributed by atoms with van der Waals surface area (Å²) in [6.07, 6.45) is 2.84. The summed E-state index contributed by atoms with van der Waals surface area (Å²) in [5.74, 6) is 7.02. The van der Waals surface area contributed by atoms with Crippen molar-refractivity contribution in [2.24, 2.45) is 0 Å². The number of ketones is 1. The van der Waals surface area contributed by atoms with Gasteiger partial charge >= 0.3 is 0 Å². The lowest BCUT2D eigenvalue weighted by atomic mass is 9.90. The summed E-state index contributed by atoms with van der Waals surface area (Å²) >= 11 is 5.56. The number of carbonyl (C=O) groups is 1. The smallest absolute Gasteiger partial charge is 0.137 e. The Balaban J connectivity index is 2.20. The molecule has 0 fully saturated rings. The summed E-state index contributed by atoms with van der Waals surface area (Å²) < 4.78 is 0. The van der Waals surface area contributed by atoms with Gasteiger partial charge < -0.3 is 0 Å². The molecule has 16 heavy (non-hydrogen) atoms. The van der Waals surface area contributed by atoms with Crippen molar-refractivity contribution in [1.29, 1.82) is 0 Å². The van der Waals surface area contributed by atoms with Crippen LogP contribution in [0, 0.1) is 11.8 Å². The van der Waals surface area contributed by atoms with Crippen LogP contribution in [0.1, 0.15) is 29.5 Å². The molecule has 0 aliphatic heterocycles. The first-order valence-corrected chi connectivity index (χ1v) is 6.01. The minimum atomic E-state index is 0.341. The van der Waals surface area contributed by atoms with Gasteiger partial charge in [0.1, 0.15) is 5.78 Å². The van der Waals surface area contributed by atoms with Crippen LogP contribution in [0.3, 0.4) is 0 Å². The Morgan fingerprint density at radius 2 is 2.12 bits per heavy atom. The highest BCUT2D eigenvalue weighted by molar-refractivity contribution is 6.18. The van der Waals surface area contributed by atoms with Crippen LogP contribution in [0.25, 0.3) is 0 Å². The van der Waals surface area contributed by atoms with Crippen molar-refractivity contribution < 1.29 is 4.79 Å². The minimum absolute atomic E-state index is 0.341. The molecule has 0 bridgehead atoms. The van der Waals surface area contributed by atoms with Crippen LogP contribution in [-0.4, -0.2) is 11.7 Å². The van der Waals surface area contributed by atoms with Crippen molar-refractivity contribution in [3.63, 3.8) is 0 Å². The zero-order valence-corrected chi connectivity index (χ0v) is 9.81. The second-order valence-electron chi connectivity index (χ2n) is 3.94. The standard InChI is InChI=1S/C14H13ClO/c15-8-2-1-3-11-4-5-13-10-14(16)7-6-12(13)9-11/h4-5,9H,2,6-8,10H2. The number of benzene rings is 1. The van der Waals surface area contributed by atoms with Crippen molar-refractivity contribution >= 4 is 17.4 Å². The molecule has 1 aliphatic carbocycles. The van der Waals surface area contributed by atoms with Crippen LogP contribution in [0.5, 0.6) is 0 Å². The fraction of sp³-hybridized carbons (Fsp3) is 0.357. The number of hydrogen-bond donors (Lipinski definition) is 0. The number of rotatable bonds is 1. The van der Waals surface area contributed by atoms with E-state index in [9.17, 15) is 4.79 Å². The fourth-order valence-corrected chi connectivity index (χ4v) is 1.99. The highest BCUT2D eigenvalue weighted by Gasteiger charge is 2.14. The third kappa shape index (κ3) is 2.65. The zero-order valence-electron chi connectivity index (χ0n) is 9.05. The monoisotopic (exact) mass is 232 g/mol. The van der Waals surface area contributed by atoms with E-state index in [1.807, 2.05) is 12.1 Å². The number of halogens is 1. The number of fused-ring (bicyclic) bond motifs is 1. The van der Waals surface area contributed by atoms with Crippen LogP contribution in [0.15, 0.2) is 18.2 Å². The average Bonchev–Trinajstić information content (AvgIpc) is 2.29. The second-order valence-corrected chi connectivity index (χ2v) is 4.32. The molecule has 0 heterocycles. The predicted molar refractivity (Wildman–Crippen MR) is 65.7 cm³/mol. The molecule has 0 saturated heterocycles. The van der Waals surface area contributed by atoms with E-state index in [4.69, 9.17) is 11.6 Å². The second kappa shape index (κ2) is 5.18. The Kier molecular flexibility index (Phi) is 3.64. The fourth-order valence-electron chi connectivity index (χ4n) is 1.90. The minimum Gasteiger partial charge on any atom is -0.299 e. The largest absolute Gasteiger partial charge is 0.299 e. The van der Waals surface area contributed by atoms with Crippen molar-refractivity contribution in [1.82, 2.24) is 0 Å². The summed E-state index contributed by atoms with van der Waals surface area (Å²) in [6.45, 7) is 0. The third-order valence-electron chi connectivity index (χ3n) is 2.72. The first-order valence-electron chi connectivity index (χ1n) is 5.48. The van der Waals surface area contributed by atoms with Gasteiger partial charge in [-0.2, -0.15) is 0 Å². The van der Waals surface area contributed by atoms with E-state index in [-0.39, 0.29) is 0 Å². The van der Waals surface area contributed by atoms with E-state index >= 15 is 0 Å². The lowest BCUT2D eigenvalue weighted by Crippen LogP contribution is -2.13. The van der Waals surface area contributed by atoms with Gasteiger partial charge in [-0.25, -0.2) is 0 Å². The Morgan fingerprint density at radius 1 is 1.25 bits per heavy atom. The Morgan fingerprint density at radius 3 is 2.94 bits per heavy atom. The Hall–Kier alpha value is -1.26. The van der Waals surface area contributed by atoms with Gasteiger partial charge in [-0.1, -0.05) is 17.9 Å². The summed E-state index contributed by atoms with van der Waals surface area (Å²) in [5, 5.41) is 0. The number of hydrogen-bond acceptors (Lipinski definition) is 1. The van der Waals surface area contributed by atoms with Gasteiger partial charge in [-0.15, -0.1) is 11.6 Å². The third-order valence-corrected chi connectivity index (χ3v) is 2.91. The molecule has 0 aromatic heterocycles. The van der Waals surface area contributed by atoms with Crippen LogP contribution in [-0.2, 0) is 17.6 Å². The molecule has 0 spiro atoms. The Bertz CT molecular complexity index is 465. The normalized spacial score (nSPS) is 13.9. The zero-order chi connectivity index (χ0) is 11.4. The maximum absolute atomic E-state index is 11.3. The molecule has 2 rings (SSSR count). The average molecular weight is 233 g/mol. The number of alkyl halides is 1. The number of aryl methyl sites for hydroxylation is 1. The summed E-state index contributed by atoms with van der Waals surface area (Å²) in [5.41, 5.74) is 3.47. The van der Waals surface area contributed by atoms with Crippen LogP contribution < -0.4 is 0 Å². The Labute approximate surface area is 101 Å². The van der Waals surface area contributed by atoms with E-state index in [0.29, 0.717) is 24.5 Å². The van der Waals surface area contributed by atoms with Gasteiger partial charge in [-0.3, -0.25) is 4.79 Å². The van der Waals surface area contributed by atoms with Gasteiger partial charge in [-0.05, 0) is 29.7 Å². The first-order chi connectivity index (χ1) is 7.79. The summed E-state index contributed by atoms with van der Waals surface area (Å²) in [6, 6.07) is 6.11. The van der Waals surface area contributed by atoms with E-state index in [0.717, 1.165) is 18.4 Å². The SMILES string of the molecule is O=C1CCc2cc(C#CCCCl)ccc2C1. The summed E-state index contributed by atoms with van der Waals surface area (Å²) in [7, 11) is 0. The van der Waals surface area contributed by atoms with Gasteiger partial charge in [0.15, 0.2) is 0 Å². The predicted octanol–water partition coefficient (Wildman–Crippen LogP) is 2.72. The molecule has 0 atom stereocenters. The highest BCUT2D eigenvalue weighted by atomic mass is 35.5. The van der Waals surface area contributed by atoms with Crippen LogP contribution in [0.4, 0.5) is 0 Å². The van der Waals surface area contributed by atoms with E-state index in [1.165, 1.54) is 11.1 Å². The lowest BCUT2D eigenvalue weighted by Gasteiger charge is -2.14. The van der Waals surface area contributed by atoms with Crippen molar-refractivity contribution in [3.05, 3.63) is 34.9 Å². The van der Waals surface area contributed by atoms with Crippen molar-refractivity contribution in [3.8, 4) is 11.8 Å². The van der Waals surface area contributed by atoms with Gasteiger partial charge in [0.05, 0.1) is 0 Å². The molecule has 0 radical (unpaired) electrons. The molecule has 1 nitrogen and oxygen atoms in total. The lowest BCUT2D eigenvalue weighted by molar-refractivity contribution is -0.118. The molecule has 82 valence electrons. The first kappa shape index (κ1) is 11.2. The van der Waals surface area contributed by atoms with Crippen molar-refractivity contribution in [2.75, 3.05) is 5.88 Å². The van der Waals surface area contributed by atoms with E-state index in [2.05, 4.69) is 17.9 Å². The molecule has 1 aromatic carbocycles. The van der Waals surface area contributed by atoms with E-state index < -0.39 is 0 Å². The van der Waals surface area contributed by atoms with Crippen LogP contribution in [0.2, 0.25) is 0 Å². The molecule has 0 N–H and O–H groups in total. The van der Waals surface area contributed by atoms with Crippen LogP contribution >= 0.6 is 11.6 Å². The quantitative estimate of drug-likeness (QED) is 0.538. The molecule has 0 unspecified atom stereocenters. The topological polar surface area (TPSA) is 17.1 Å². The molecular formula is C14H13ClO. The van der Waals surface area contributed by atoms with Gasteiger partial charge in [0.2, 0.25) is 0 Å². The number of carbonyl (C=O) groups excluding carboxylic acids is 1. The summed E-state index contributed by atoms with van der Waals surface area (Å²) in [4.78, 5) is 11.3. The molecule has 1 aliphatic rings. The maximum atomic E-state index is 11.3. The molecule has 2 heteroatoms. The van der Waals surface area contributed by atoms with Gasteiger partial charge in [0, 0.05) is 30.7 Å². The molecule has 1 aromatic rings.